The molecule has 0 bridgehead atoms. The highest BCUT2D eigenvalue weighted by Gasteiger charge is 2.47. The molecule has 1 aliphatic heterocycles. The third-order valence-electron chi connectivity index (χ3n) is 3.30. The van der Waals surface area contributed by atoms with Crippen LogP contribution in [0.4, 0.5) is 10.3 Å². The summed E-state index contributed by atoms with van der Waals surface area (Å²) < 4.78 is 25.8. The number of methoxy groups -OCH3 is 1. The van der Waals surface area contributed by atoms with Gasteiger partial charge in [0.15, 0.2) is 23.1 Å². The Labute approximate surface area is 113 Å². The van der Waals surface area contributed by atoms with Gasteiger partial charge in [0.1, 0.15) is 6.10 Å². The minimum atomic E-state index is -1.83. The van der Waals surface area contributed by atoms with Gasteiger partial charge in [-0.25, -0.2) is 9.37 Å². The number of nitrogen functional groups attached to an aromatic ring is 1. The summed E-state index contributed by atoms with van der Waals surface area (Å²) in [6, 6.07) is 0. The van der Waals surface area contributed by atoms with Crippen LogP contribution in [-0.2, 0) is 4.74 Å². The Morgan fingerprint density at radius 2 is 2.35 bits per heavy atom. The van der Waals surface area contributed by atoms with Crippen molar-refractivity contribution in [2.45, 2.75) is 24.9 Å². The van der Waals surface area contributed by atoms with E-state index in [-0.39, 0.29) is 18.4 Å². The lowest BCUT2D eigenvalue weighted by atomic mass is 10.0. The fourth-order valence-corrected chi connectivity index (χ4v) is 2.19. The predicted molar refractivity (Wildman–Crippen MR) is 66.8 cm³/mol. The van der Waals surface area contributed by atoms with Crippen molar-refractivity contribution in [3.8, 4) is 5.88 Å². The monoisotopic (exact) mass is 283 g/mol. The number of halogens is 1. The number of ether oxygens (including phenoxy) is 2. The molecule has 2 aromatic rings. The van der Waals surface area contributed by atoms with Gasteiger partial charge in [-0.3, -0.25) is 4.57 Å². The molecule has 108 valence electrons. The second-order valence-electron chi connectivity index (χ2n) is 4.84. The summed E-state index contributed by atoms with van der Waals surface area (Å²) in [6.45, 7) is 1.07. The van der Waals surface area contributed by atoms with Crippen molar-refractivity contribution in [2.75, 3.05) is 19.5 Å². The molecule has 2 aromatic heterocycles. The Bertz CT molecular complexity index is 659. The van der Waals surface area contributed by atoms with Gasteiger partial charge >= 0.3 is 0 Å². The van der Waals surface area contributed by atoms with Crippen molar-refractivity contribution in [1.82, 2.24) is 19.5 Å². The minimum absolute atomic E-state index is 0.00778. The lowest BCUT2D eigenvalue weighted by Gasteiger charge is -2.20. The van der Waals surface area contributed by atoms with E-state index in [4.69, 9.17) is 15.2 Å². The van der Waals surface area contributed by atoms with Crippen molar-refractivity contribution in [3.05, 3.63) is 6.33 Å². The molecule has 8 nitrogen and oxygen atoms in total. The van der Waals surface area contributed by atoms with Gasteiger partial charge in [-0.1, -0.05) is 0 Å². The smallest absolute Gasteiger partial charge is 0.246 e. The van der Waals surface area contributed by atoms with Crippen LogP contribution in [0, 0.1) is 0 Å². The number of nitrogens with zero attached hydrogens (tertiary/aromatic N) is 4. The van der Waals surface area contributed by atoms with Crippen molar-refractivity contribution >= 4 is 17.1 Å². The Hall–Kier alpha value is -2.00. The molecule has 0 spiro atoms. The summed E-state index contributed by atoms with van der Waals surface area (Å²) in [5.74, 6) is 0.202. The Balaban J connectivity index is 2.12. The molecule has 1 aliphatic rings. The van der Waals surface area contributed by atoms with Crippen LogP contribution in [0.2, 0.25) is 0 Å². The first-order valence-corrected chi connectivity index (χ1v) is 5.96. The zero-order chi connectivity index (χ0) is 14.5. The number of hydrogen-bond acceptors (Lipinski definition) is 7. The number of imidazole rings is 1. The van der Waals surface area contributed by atoms with E-state index >= 15 is 0 Å². The molecule has 0 saturated carbocycles. The molecule has 3 unspecified atom stereocenters. The standard InChI is InChI=1S/C11H14FN5O3/c1-11(12)3-20-9(6(11)18)17-4-14-5-7(17)15-10(13)16-8(5)19-2/h4,6,9,18H,3H2,1-2H3,(H2,13,15,16). The van der Waals surface area contributed by atoms with E-state index < -0.39 is 18.0 Å². The zero-order valence-electron chi connectivity index (χ0n) is 10.9. The summed E-state index contributed by atoms with van der Waals surface area (Å²) in [6.07, 6.45) is -0.868. The van der Waals surface area contributed by atoms with Gasteiger partial charge in [0.25, 0.3) is 0 Å². The third kappa shape index (κ3) is 1.78. The summed E-state index contributed by atoms with van der Waals surface area (Å²) in [5, 5.41) is 9.99. The normalized spacial score (nSPS) is 30.0. The number of aliphatic hydroxyl groups is 1. The molecule has 3 N–H and O–H groups in total. The molecule has 1 fully saturated rings. The molecule has 0 radical (unpaired) electrons. The van der Waals surface area contributed by atoms with E-state index in [9.17, 15) is 9.50 Å². The van der Waals surface area contributed by atoms with Crippen LogP contribution >= 0.6 is 0 Å². The molecule has 20 heavy (non-hydrogen) atoms. The molecule has 0 aliphatic carbocycles. The van der Waals surface area contributed by atoms with E-state index in [1.54, 1.807) is 0 Å². The Kier molecular flexibility index (Phi) is 2.76. The van der Waals surface area contributed by atoms with Crippen LogP contribution in [0.5, 0.6) is 5.88 Å². The van der Waals surface area contributed by atoms with Crippen molar-refractivity contribution in [2.24, 2.45) is 0 Å². The van der Waals surface area contributed by atoms with E-state index in [1.807, 2.05) is 0 Å². The van der Waals surface area contributed by atoms with Gasteiger partial charge in [0.05, 0.1) is 20.0 Å². The molecule has 9 heteroatoms. The maximum absolute atomic E-state index is 14.0. The number of alkyl halides is 1. The highest BCUT2D eigenvalue weighted by atomic mass is 19.1. The second kappa shape index (κ2) is 4.25. The molecule has 0 aromatic carbocycles. The summed E-state index contributed by atoms with van der Waals surface area (Å²) in [7, 11) is 1.43. The van der Waals surface area contributed by atoms with Crippen LogP contribution < -0.4 is 10.5 Å². The summed E-state index contributed by atoms with van der Waals surface area (Å²) in [4.78, 5) is 12.0. The van der Waals surface area contributed by atoms with E-state index in [1.165, 1.54) is 24.9 Å². The molecular formula is C11H14FN5O3. The van der Waals surface area contributed by atoms with Crippen molar-refractivity contribution in [3.63, 3.8) is 0 Å². The molecule has 1 saturated heterocycles. The first kappa shape index (κ1) is 13.0. The number of anilines is 1. The number of nitrogens with two attached hydrogens (primary N) is 1. The van der Waals surface area contributed by atoms with Crippen LogP contribution in [0.15, 0.2) is 6.33 Å². The first-order chi connectivity index (χ1) is 9.44. The SMILES string of the molecule is COc1nc(N)nc2c1ncn2C1OCC(C)(F)C1O. The van der Waals surface area contributed by atoms with E-state index in [0.29, 0.717) is 11.2 Å². The number of rotatable bonds is 2. The molecule has 3 atom stereocenters. The number of aliphatic hydroxyl groups excluding tert-OH is 1. The predicted octanol–water partition coefficient (Wildman–Crippen LogP) is 0.0350. The third-order valence-corrected chi connectivity index (χ3v) is 3.30. The first-order valence-electron chi connectivity index (χ1n) is 5.96. The fourth-order valence-electron chi connectivity index (χ4n) is 2.19. The maximum Gasteiger partial charge on any atom is 0.246 e. The van der Waals surface area contributed by atoms with Gasteiger partial charge in [-0.05, 0) is 6.92 Å². The highest BCUT2D eigenvalue weighted by molar-refractivity contribution is 5.77. The fraction of sp³-hybridized carbons (Fsp3) is 0.545. The maximum atomic E-state index is 14.0. The van der Waals surface area contributed by atoms with Crippen LogP contribution in [0.3, 0.4) is 0 Å². The van der Waals surface area contributed by atoms with Gasteiger partial charge in [-0.2, -0.15) is 9.97 Å². The van der Waals surface area contributed by atoms with Crippen molar-refractivity contribution < 1.29 is 19.0 Å². The largest absolute Gasteiger partial charge is 0.479 e. The Morgan fingerprint density at radius 3 is 2.95 bits per heavy atom. The Morgan fingerprint density at radius 1 is 1.60 bits per heavy atom. The molecule has 0 amide bonds. The van der Waals surface area contributed by atoms with Crippen LogP contribution in [-0.4, -0.2) is 50.1 Å². The van der Waals surface area contributed by atoms with E-state index in [0.717, 1.165) is 0 Å². The van der Waals surface area contributed by atoms with Gasteiger partial charge in [0, 0.05) is 0 Å². The van der Waals surface area contributed by atoms with E-state index in [2.05, 4.69) is 15.0 Å². The average molecular weight is 283 g/mol. The quantitative estimate of drug-likeness (QED) is 0.800. The van der Waals surface area contributed by atoms with Gasteiger partial charge < -0.3 is 20.3 Å². The minimum Gasteiger partial charge on any atom is -0.479 e. The molecular weight excluding hydrogens is 269 g/mol. The second-order valence-corrected chi connectivity index (χ2v) is 4.84. The zero-order valence-corrected chi connectivity index (χ0v) is 10.9. The summed E-state index contributed by atoms with van der Waals surface area (Å²) >= 11 is 0. The molecule has 3 rings (SSSR count). The highest BCUT2D eigenvalue weighted by Crippen LogP contribution is 2.36. The lowest BCUT2D eigenvalue weighted by Crippen LogP contribution is -2.35. The number of aromatic nitrogens is 4. The van der Waals surface area contributed by atoms with Crippen molar-refractivity contribution in [1.29, 1.82) is 0 Å². The topological polar surface area (TPSA) is 108 Å². The molecule has 3 heterocycles. The number of fused-ring (bicyclic) bond motifs is 1. The van der Waals surface area contributed by atoms with Crippen LogP contribution in [0.25, 0.3) is 11.2 Å². The number of hydrogen-bond donors (Lipinski definition) is 2. The summed E-state index contributed by atoms with van der Waals surface area (Å²) in [5.41, 5.74) is 4.45. The average Bonchev–Trinajstić information content (AvgIpc) is 2.91. The van der Waals surface area contributed by atoms with Gasteiger partial charge in [-0.15, -0.1) is 0 Å². The van der Waals surface area contributed by atoms with Gasteiger partial charge in [0.2, 0.25) is 11.8 Å². The van der Waals surface area contributed by atoms with Crippen LogP contribution in [0.1, 0.15) is 13.2 Å². The lowest BCUT2D eigenvalue weighted by molar-refractivity contribution is -0.0201.